The third-order valence-corrected chi connectivity index (χ3v) is 3.90. The molecule has 0 bridgehead atoms. The molecule has 0 radical (unpaired) electrons. The second kappa shape index (κ2) is 6.75. The number of aromatic nitrogens is 3. The average molecular weight is 371 g/mol. The Morgan fingerprint density at radius 3 is 2.78 bits per heavy atom. The minimum absolute atomic E-state index is 0.214. The van der Waals surface area contributed by atoms with Gasteiger partial charge in [0.25, 0.3) is 5.91 Å². The molecule has 0 aliphatic carbocycles. The van der Waals surface area contributed by atoms with Gasteiger partial charge in [0.05, 0.1) is 11.0 Å². The summed E-state index contributed by atoms with van der Waals surface area (Å²) in [5.41, 5.74) is 2.91. The highest BCUT2D eigenvalue weighted by molar-refractivity contribution is 9.10. The van der Waals surface area contributed by atoms with Gasteiger partial charge < -0.3 is 5.32 Å². The summed E-state index contributed by atoms with van der Waals surface area (Å²) in [4.78, 5) is 16.1. The van der Waals surface area contributed by atoms with E-state index in [1.165, 1.54) is 5.56 Å². The first kappa shape index (κ1) is 15.4. The van der Waals surface area contributed by atoms with Crippen LogP contribution in [0, 0.1) is 6.92 Å². The zero-order valence-corrected chi connectivity index (χ0v) is 14.1. The molecule has 0 aliphatic heterocycles. The lowest BCUT2D eigenvalue weighted by Crippen LogP contribution is -2.13. The van der Waals surface area contributed by atoms with E-state index < -0.39 is 0 Å². The second-order valence-corrected chi connectivity index (χ2v) is 6.06. The predicted octanol–water partition coefficient (Wildman–Crippen LogP) is 3.65. The first-order valence-corrected chi connectivity index (χ1v) is 7.91. The number of nitrogens with one attached hydrogen (secondary N) is 1. The number of halogens is 1. The summed E-state index contributed by atoms with van der Waals surface area (Å²) in [6.45, 7) is 2.70. The van der Waals surface area contributed by atoms with Crippen LogP contribution in [0.2, 0.25) is 0 Å². The third kappa shape index (κ3) is 3.84. The van der Waals surface area contributed by atoms with Crippen molar-refractivity contribution >= 4 is 27.7 Å². The monoisotopic (exact) mass is 370 g/mol. The van der Waals surface area contributed by atoms with Gasteiger partial charge in [-0.1, -0.05) is 29.8 Å². The molecule has 116 valence electrons. The number of pyridine rings is 1. The maximum atomic E-state index is 12.2. The molecule has 0 unspecified atom stereocenters. The van der Waals surface area contributed by atoms with Crippen molar-refractivity contribution in [3.05, 3.63) is 76.2 Å². The fourth-order valence-corrected chi connectivity index (χ4v) is 2.66. The van der Waals surface area contributed by atoms with Crippen LogP contribution in [0.5, 0.6) is 0 Å². The van der Waals surface area contributed by atoms with Crippen LogP contribution in [0.25, 0.3) is 0 Å². The van der Waals surface area contributed by atoms with Gasteiger partial charge in [0, 0.05) is 24.2 Å². The first-order chi connectivity index (χ1) is 11.1. The van der Waals surface area contributed by atoms with Gasteiger partial charge in [-0.2, -0.15) is 5.10 Å². The highest BCUT2D eigenvalue weighted by atomic mass is 79.9. The van der Waals surface area contributed by atoms with Crippen molar-refractivity contribution in [2.24, 2.45) is 0 Å². The van der Waals surface area contributed by atoms with Gasteiger partial charge >= 0.3 is 0 Å². The number of hydrogen-bond acceptors (Lipinski definition) is 3. The number of rotatable bonds is 4. The van der Waals surface area contributed by atoms with E-state index >= 15 is 0 Å². The summed E-state index contributed by atoms with van der Waals surface area (Å²) in [5, 5.41) is 7.22. The van der Waals surface area contributed by atoms with E-state index in [0.29, 0.717) is 17.9 Å². The normalized spacial score (nSPS) is 10.5. The molecule has 0 spiro atoms. The molecule has 3 aromatic rings. The van der Waals surface area contributed by atoms with Gasteiger partial charge in [-0.05, 0) is 40.5 Å². The van der Waals surface area contributed by atoms with Crippen LogP contribution < -0.4 is 5.32 Å². The Labute approximate surface area is 142 Å². The number of carbonyl (C=O) groups excluding carboxylic acids is 1. The molecule has 1 aromatic carbocycles. The number of anilines is 1. The molecule has 23 heavy (non-hydrogen) atoms. The Hall–Kier alpha value is -2.47. The van der Waals surface area contributed by atoms with Crippen molar-refractivity contribution in [3.8, 4) is 0 Å². The smallest absolute Gasteiger partial charge is 0.257 e. The quantitative estimate of drug-likeness (QED) is 0.762. The van der Waals surface area contributed by atoms with E-state index in [9.17, 15) is 4.79 Å². The Morgan fingerprint density at radius 2 is 2.04 bits per heavy atom. The largest absolute Gasteiger partial charge is 0.304 e. The molecule has 2 aromatic heterocycles. The molecule has 3 rings (SSSR count). The van der Waals surface area contributed by atoms with Gasteiger partial charge in [-0.15, -0.1) is 0 Å². The number of benzene rings is 1. The van der Waals surface area contributed by atoms with Crippen molar-refractivity contribution in [2.45, 2.75) is 13.5 Å². The third-order valence-electron chi connectivity index (χ3n) is 3.32. The molecule has 0 fully saturated rings. The lowest BCUT2D eigenvalue weighted by molar-refractivity contribution is 0.102. The predicted molar refractivity (Wildman–Crippen MR) is 92.4 cm³/mol. The Bertz CT molecular complexity index is 830. The Balaban J connectivity index is 1.75. The SMILES string of the molecule is Cc1cccc(Cn2cc(Br)c(NC(=O)c3ccncc3)n2)c1. The summed E-state index contributed by atoms with van der Waals surface area (Å²) in [5.74, 6) is 0.286. The van der Waals surface area contributed by atoms with Gasteiger partial charge in [0.2, 0.25) is 0 Å². The van der Waals surface area contributed by atoms with Gasteiger partial charge in [0.1, 0.15) is 0 Å². The number of carbonyl (C=O) groups is 1. The summed E-state index contributed by atoms with van der Waals surface area (Å²) in [6.07, 6.45) is 5.02. The lowest BCUT2D eigenvalue weighted by Gasteiger charge is -2.04. The highest BCUT2D eigenvalue weighted by Gasteiger charge is 2.12. The topological polar surface area (TPSA) is 59.8 Å². The number of aryl methyl sites for hydroxylation is 1. The van der Waals surface area contributed by atoms with Crippen LogP contribution >= 0.6 is 15.9 Å². The van der Waals surface area contributed by atoms with Crippen LogP contribution in [-0.4, -0.2) is 20.7 Å². The van der Waals surface area contributed by atoms with Crippen molar-refractivity contribution in [3.63, 3.8) is 0 Å². The molecule has 0 saturated carbocycles. The van der Waals surface area contributed by atoms with E-state index in [0.717, 1.165) is 10.0 Å². The van der Waals surface area contributed by atoms with Crippen molar-refractivity contribution in [1.82, 2.24) is 14.8 Å². The molecule has 1 amide bonds. The Morgan fingerprint density at radius 1 is 1.26 bits per heavy atom. The average Bonchev–Trinajstić information content (AvgIpc) is 2.87. The van der Waals surface area contributed by atoms with Gasteiger partial charge in [0.15, 0.2) is 5.82 Å². The Kier molecular flexibility index (Phi) is 4.52. The van der Waals surface area contributed by atoms with Crippen LogP contribution in [-0.2, 0) is 6.54 Å². The molecule has 0 saturated heterocycles. The molecule has 2 heterocycles. The summed E-state index contributed by atoms with van der Waals surface area (Å²) in [6, 6.07) is 11.6. The highest BCUT2D eigenvalue weighted by Crippen LogP contribution is 2.21. The number of nitrogens with zero attached hydrogens (tertiary/aromatic N) is 3. The van der Waals surface area contributed by atoms with E-state index in [1.807, 2.05) is 12.3 Å². The van der Waals surface area contributed by atoms with Crippen molar-refractivity contribution < 1.29 is 4.79 Å². The van der Waals surface area contributed by atoms with Crippen LogP contribution in [0.15, 0.2) is 59.5 Å². The second-order valence-electron chi connectivity index (χ2n) is 5.20. The lowest BCUT2D eigenvalue weighted by atomic mass is 10.1. The molecule has 0 aliphatic rings. The molecular formula is C17H15BrN4O. The summed E-state index contributed by atoms with van der Waals surface area (Å²) >= 11 is 3.44. The first-order valence-electron chi connectivity index (χ1n) is 7.12. The van der Waals surface area contributed by atoms with Crippen molar-refractivity contribution in [2.75, 3.05) is 5.32 Å². The molecule has 6 heteroatoms. The van der Waals surface area contributed by atoms with Crippen LogP contribution in [0.1, 0.15) is 21.5 Å². The van der Waals surface area contributed by atoms with Crippen molar-refractivity contribution in [1.29, 1.82) is 0 Å². The summed E-state index contributed by atoms with van der Waals surface area (Å²) in [7, 11) is 0. The van der Waals surface area contributed by atoms with E-state index in [4.69, 9.17) is 0 Å². The number of hydrogen-bond donors (Lipinski definition) is 1. The maximum absolute atomic E-state index is 12.2. The zero-order valence-electron chi connectivity index (χ0n) is 12.5. The molecule has 1 N–H and O–H groups in total. The standard InChI is InChI=1S/C17H15BrN4O/c1-12-3-2-4-13(9-12)10-22-11-15(18)16(21-22)20-17(23)14-5-7-19-8-6-14/h2-9,11H,10H2,1H3,(H,20,21,23). The molecular weight excluding hydrogens is 356 g/mol. The van der Waals surface area contributed by atoms with Crippen LogP contribution in [0.3, 0.4) is 0 Å². The summed E-state index contributed by atoms with van der Waals surface area (Å²) < 4.78 is 2.54. The minimum Gasteiger partial charge on any atom is -0.304 e. The molecule has 5 nitrogen and oxygen atoms in total. The van der Waals surface area contributed by atoms with E-state index in [1.54, 1.807) is 29.2 Å². The fraction of sp³-hybridized carbons (Fsp3) is 0.118. The van der Waals surface area contributed by atoms with E-state index in [2.05, 4.69) is 56.5 Å². The maximum Gasteiger partial charge on any atom is 0.257 e. The zero-order chi connectivity index (χ0) is 16.2. The minimum atomic E-state index is -0.214. The molecule has 0 atom stereocenters. The van der Waals surface area contributed by atoms with E-state index in [-0.39, 0.29) is 5.91 Å². The van der Waals surface area contributed by atoms with Crippen LogP contribution in [0.4, 0.5) is 5.82 Å². The van der Waals surface area contributed by atoms with Gasteiger partial charge in [-0.3, -0.25) is 14.5 Å². The number of amides is 1. The van der Waals surface area contributed by atoms with Gasteiger partial charge in [-0.25, -0.2) is 0 Å². The fourth-order valence-electron chi connectivity index (χ4n) is 2.24.